The van der Waals surface area contributed by atoms with Crippen molar-refractivity contribution in [2.75, 3.05) is 6.54 Å². The number of amides is 1. The molecule has 1 amide bonds. The molecule has 0 bridgehead atoms. The minimum Gasteiger partial charge on any atom is -0.465 e. The van der Waals surface area contributed by atoms with Crippen LogP contribution in [0.15, 0.2) is 0 Å². The maximum Gasteiger partial charge on any atom is 0.407 e. The predicted octanol–water partition coefficient (Wildman–Crippen LogP) is -0.496. The lowest BCUT2D eigenvalue weighted by atomic mass is 9.86. The van der Waals surface area contributed by atoms with Crippen LogP contribution in [0.5, 0.6) is 0 Å². The van der Waals surface area contributed by atoms with Crippen LogP contribution < -0.4 is 0 Å². The summed E-state index contributed by atoms with van der Waals surface area (Å²) in [6, 6.07) is -0.796. The van der Waals surface area contributed by atoms with Gasteiger partial charge < -0.3 is 15.0 Å². The average Bonchev–Trinajstić information content (AvgIpc) is 2.20. The molecule has 15 heavy (non-hydrogen) atoms. The second kappa shape index (κ2) is 4.39. The summed E-state index contributed by atoms with van der Waals surface area (Å²) < 4.78 is 0. The first-order chi connectivity index (χ1) is 6.99. The number of hydrogen-bond donors (Lipinski definition) is 2. The molecule has 1 rings (SSSR count). The minimum atomic E-state index is -1.32. The van der Waals surface area contributed by atoms with Crippen LogP contribution in [-0.4, -0.2) is 52.0 Å². The second-order valence-electron chi connectivity index (χ2n) is 3.58. The first kappa shape index (κ1) is 11.6. The summed E-state index contributed by atoms with van der Waals surface area (Å²) >= 11 is 0. The Labute approximate surface area is 86.5 Å². The molecule has 0 aliphatic carbocycles. The SMILES string of the molecule is CC1C(=O)C(C(O)C=O)CCN1C(=O)O. The van der Waals surface area contributed by atoms with E-state index in [9.17, 15) is 19.5 Å². The van der Waals surface area contributed by atoms with Gasteiger partial charge in [0.25, 0.3) is 0 Å². The van der Waals surface area contributed by atoms with Crippen molar-refractivity contribution in [3.05, 3.63) is 0 Å². The van der Waals surface area contributed by atoms with E-state index in [4.69, 9.17) is 5.11 Å². The highest BCUT2D eigenvalue weighted by molar-refractivity contribution is 5.92. The molecule has 6 nitrogen and oxygen atoms in total. The lowest BCUT2D eigenvalue weighted by Crippen LogP contribution is -2.53. The van der Waals surface area contributed by atoms with Crippen molar-refractivity contribution in [2.45, 2.75) is 25.5 Å². The zero-order valence-corrected chi connectivity index (χ0v) is 8.29. The number of hydrogen-bond acceptors (Lipinski definition) is 4. The van der Waals surface area contributed by atoms with Crippen LogP contribution >= 0.6 is 0 Å². The number of aldehydes is 1. The Bertz CT molecular complexity index is 290. The van der Waals surface area contributed by atoms with Gasteiger partial charge in [0.1, 0.15) is 12.4 Å². The Morgan fingerprint density at radius 3 is 2.73 bits per heavy atom. The monoisotopic (exact) mass is 215 g/mol. The van der Waals surface area contributed by atoms with Crippen molar-refractivity contribution in [1.29, 1.82) is 0 Å². The maximum absolute atomic E-state index is 11.6. The third-order valence-electron chi connectivity index (χ3n) is 2.72. The number of carboxylic acid groups (broad SMARTS) is 1. The number of aliphatic hydroxyl groups is 1. The summed E-state index contributed by atoms with van der Waals surface area (Å²) in [5, 5.41) is 18.0. The number of Topliss-reactive ketones (excluding diaryl/α,β-unsaturated/α-hetero) is 1. The normalized spacial score (nSPS) is 28.7. The highest BCUT2D eigenvalue weighted by atomic mass is 16.4. The van der Waals surface area contributed by atoms with Crippen molar-refractivity contribution in [3.8, 4) is 0 Å². The summed E-state index contributed by atoms with van der Waals surface area (Å²) in [6.45, 7) is 1.62. The number of aliphatic hydroxyl groups excluding tert-OH is 1. The number of carbonyl (C=O) groups is 3. The molecule has 1 aliphatic heterocycles. The minimum absolute atomic E-state index is 0.164. The molecule has 1 fully saturated rings. The summed E-state index contributed by atoms with van der Waals surface area (Å²) in [7, 11) is 0. The summed E-state index contributed by atoms with van der Waals surface area (Å²) in [4.78, 5) is 33.7. The van der Waals surface area contributed by atoms with Crippen molar-refractivity contribution < 1.29 is 24.6 Å². The Morgan fingerprint density at radius 2 is 2.27 bits per heavy atom. The van der Waals surface area contributed by atoms with Gasteiger partial charge >= 0.3 is 6.09 Å². The fraction of sp³-hybridized carbons (Fsp3) is 0.667. The van der Waals surface area contributed by atoms with Crippen LogP contribution in [0.3, 0.4) is 0 Å². The lowest BCUT2D eigenvalue weighted by Gasteiger charge is -2.35. The van der Waals surface area contributed by atoms with E-state index in [1.807, 2.05) is 0 Å². The number of rotatable bonds is 2. The van der Waals surface area contributed by atoms with E-state index in [2.05, 4.69) is 0 Å². The summed E-state index contributed by atoms with van der Waals surface area (Å²) in [6.07, 6.45) is -1.98. The van der Waals surface area contributed by atoms with Gasteiger partial charge in [-0.2, -0.15) is 0 Å². The molecule has 6 heteroatoms. The topological polar surface area (TPSA) is 94.9 Å². The molecular formula is C9H13NO5. The van der Waals surface area contributed by atoms with Gasteiger partial charge in [-0.1, -0.05) is 0 Å². The highest BCUT2D eigenvalue weighted by Crippen LogP contribution is 2.21. The van der Waals surface area contributed by atoms with Crippen molar-refractivity contribution >= 4 is 18.2 Å². The molecule has 84 valence electrons. The Balaban J connectivity index is 2.77. The zero-order chi connectivity index (χ0) is 11.6. The van der Waals surface area contributed by atoms with E-state index in [0.717, 1.165) is 4.90 Å². The number of nitrogens with zero attached hydrogens (tertiary/aromatic N) is 1. The van der Waals surface area contributed by atoms with Crippen LogP contribution in [0.1, 0.15) is 13.3 Å². The average molecular weight is 215 g/mol. The quantitative estimate of drug-likeness (QED) is 0.606. The van der Waals surface area contributed by atoms with Gasteiger partial charge in [0.05, 0.1) is 12.0 Å². The first-order valence-corrected chi connectivity index (χ1v) is 4.65. The molecule has 2 N–H and O–H groups in total. The van der Waals surface area contributed by atoms with Gasteiger partial charge in [0.15, 0.2) is 5.78 Å². The molecule has 0 radical (unpaired) electrons. The Hall–Kier alpha value is -1.43. The van der Waals surface area contributed by atoms with Gasteiger partial charge in [-0.3, -0.25) is 9.69 Å². The van der Waals surface area contributed by atoms with Gasteiger partial charge in [0.2, 0.25) is 0 Å². The third-order valence-corrected chi connectivity index (χ3v) is 2.72. The smallest absolute Gasteiger partial charge is 0.407 e. The molecule has 0 spiro atoms. The molecule has 0 aromatic carbocycles. The zero-order valence-electron chi connectivity index (χ0n) is 8.29. The Morgan fingerprint density at radius 1 is 1.67 bits per heavy atom. The lowest BCUT2D eigenvalue weighted by molar-refractivity contribution is -0.138. The van der Waals surface area contributed by atoms with Crippen LogP contribution in [0, 0.1) is 5.92 Å². The van der Waals surface area contributed by atoms with Gasteiger partial charge in [-0.05, 0) is 13.3 Å². The van der Waals surface area contributed by atoms with Crippen LogP contribution in [0.2, 0.25) is 0 Å². The van der Waals surface area contributed by atoms with E-state index in [1.165, 1.54) is 6.92 Å². The molecule has 0 saturated carbocycles. The largest absolute Gasteiger partial charge is 0.465 e. The molecule has 1 saturated heterocycles. The number of piperidine rings is 1. The van der Waals surface area contributed by atoms with E-state index in [1.54, 1.807) is 0 Å². The van der Waals surface area contributed by atoms with Crippen LogP contribution in [-0.2, 0) is 9.59 Å². The molecule has 1 aliphatic rings. The molecule has 0 aromatic rings. The van der Waals surface area contributed by atoms with Crippen LogP contribution in [0.25, 0.3) is 0 Å². The summed E-state index contributed by atoms with van der Waals surface area (Å²) in [5.74, 6) is -1.17. The second-order valence-corrected chi connectivity index (χ2v) is 3.58. The van der Waals surface area contributed by atoms with Gasteiger partial charge in [-0.15, -0.1) is 0 Å². The maximum atomic E-state index is 11.6. The standard InChI is InChI=1S/C9H13NO5/c1-5-8(13)6(7(12)4-11)2-3-10(5)9(14)15/h4-7,12H,2-3H2,1H3,(H,14,15). The Kier molecular flexibility index (Phi) is 3.41. The first-order valence-electron chi connectivity index (χ1n) is 4.65. The van der Waals surface area contributed by atoms with E-state index < -0.39 is 29.9 Å². The predicted molar refractivity (Wildman–Crippen MR) is 49.4 cm³/mol. The van der Waals surface area contributed by atoms with Gasteiger partial charge in [0, 0.05) is 6.54 Å². The molecular weight excluding hydrogens is 202 g/mol. The molecule has 3 atom stereocenters. The third kappa shape index (κ3) is 2.15. The highest BCUT2D eigenvalue weighted by Gasteiger charge is 2.39. The molecule has 3 unspecified atom stereocenters. The van der Waals surface area contributed by atoms with Crippen molar-refractivity contribution in [1.82, 2.24) is 4.90 Å². The number of ketones is 1. The molecule has 1 heterocycles. The number of carbonyl (C=O) groups excluding carboxylic acids is 2. The van der Waals surface area contributed by atoms with Crippen molar-refractivity contribution in [2.24, 2.45) is 5.92 Å². The molecule has 0 aromatic heterocycles. The fourth-order valence-corrected chi connectivity index (χ4v) is 1.77. The van der Waals surface area contributed by atoms with Gasteiger partial charge in [-0.25, -0.2) is 4.79 Å². The van der Waals surface area contributed by atoms with E-state index >= 15 is 0 Å². The van der Waals surface area contributed by atoms with Crippen molar-refractivity contribution in [3.63, 3.8) is 0 Å². The van der Waals surface area contributed by atoms with E-state index in [-0.39, 0.29) is 13.0 Å². The number of likely N-dealkylation sites (tertiary alicyclic amines) is 1. The summed E-state index contributed by atoms with van der Waals surface area (Å²) in [5.41, 5.74) is 0. The van der Waals surface area contributed by atoms with E-state index in [0.29, 0.717) is 6.29 Å². The van der Waals surface area contributed by atoms with Crippen LogP contribution in [0.4, 0.5) is 4.79 Å². The fourth-order valence-electron chi connectivity index (χ4n) is 1.77.